The molecule has 0 bridgehead atoms. The Balaban J connectivity index is 1.82. The van der Waals surface area contributed by atoms with Crippen molar-refractivity contribution in [2.75, 3.05) is 0 Å². The standard InChI is InChI=1S/C15H13ClN4O/c1-11(16)15-17-18-19-20(15)12-7-9-14(10-8-12)21-13-5-3-2-4-6-13/h2-11H,1H3. The van der Waals surface area contributed by atoms with Gasteiger partial charge in [-0.05, 0) is 53.7 Å². The quantitative estimate of drug-likeness (QED) is 0.689. The van der Waals surface area contributed by atoms with Gasteiger partial charge in [0, 0.05) is 0 Å². The topological polar surface area (TPSA) is 52.8 Å². The number of alkyl halides is 1. The van der Waals surface area contributed by atoms with E-state index in [0.717, 1.165) is 17.2 Å². The first-order chi connectivity index (χ1) is 10.2. The highest BCUT2D eigenvalue weighted by atomic mass is 35.5. The van der Waals surface area contributed by atoms with E-state index in [1.807, 2.05) is 61.5 Å². The van der Waals surface area contributed by atoms with Gasteiger partial charge in [0.15, 0.2) is 5.82 Å². The van der Waals surface area contributed by atoms with Gasteiger partial charge in [0.1, 0.15) is 11.5 Å². The molecular weight excluding hydrogens is 288 g/mol. The normalized spacial score (nSPS) is 12.1. The molecule has 5 nitrogen and oxygen atoms in total. The van der Waals surface area contributed by atoms with Crippen molar-refractivity contribution >= 4 is 11.6 Å². The molecule has 0 saturated heterocycles. The van der Waals surface area contributed by atoms with Crippen LogP contribution in [0.5, 0.6) is 11.5 Å². The average molecular weight is 301 g/mol. The molecule has 1 heterocycles. The van der Waals surface area contributed by atoms with E-state index in [4.69, 9.17) is 16.3 Å². The van der Waals surface area contributed by atoms with E-state index in [1.165, 1.54) is 0 Å². The maximum Gasteiger partial charge on any atom is 0.174 e. The van der Waals surface area contributed by atoms with Gasteiger partial charge in [-0.25, -0.2) is 0 Å². The number of halogens is 1. The van der Waals surface area contributed by atoms with Crippen LogP contribution in [-0.2, 0) is 0 Å². The highest BCUT2D eigenvalue weighted by molar-refractivity contribution is 6.20. The van der Waals surface area contributed by atoms with Crippen LogP contribution in [0, 0.1) is 0 Å². The zero-order valence-electron chi connectivity index (χ0n) is 11.3. The largest absolute Gasteiger partial charge is 0.457 e. The summed E-state index contributed by atoms with van der Waals surface area (Å²) in [6, 6.07) is 17.1. The SMILES string of the molecule is CC(Cl)c1nnnn1-c1ccc(Oc2ccccc2)cc1. The molecule has 0 N–H and O–H groups in total. The Bertz CT molecular complexity index is 710. The molecule has 0 amide bonds. The summed E-state index contributed by atoms with van der Waals surface area (Å²) in [5.74, 6) is 2.15. The Hall–Kier alpha value is -2.40. The van der Waals surface area contributed by atoms with Gasteiger partial charge < -0.3 is 4.74 Å². The van der Waals surface area contributed by atoms with E-state index in [9.17, 15) is 0 Å². The van der Waals surface area contributed by atoms with Crippen molar-refractivity contribution in [3.8, 4) is 17.2 Å². The molecule has 0 saturated carbocycles. The van der Waals surface area contributed by atoms with Crippen molar-refractivity contribution < 1.29 is 4.74 Å². The second kappa shape index (κ2) is 5.93. The Morgan fingerprint density at radius 1 is 1.00 bits per heavy atom. The number of para-hydroxylation sites is 1. The van der Waals surface area contributed by atoms with E-state index in [-0.39, 0.29) is 5.38 Å². The van der Waals surface area contributed by atoms with Crippen LogP contribution in [0.1, 0.15) is 18.1 Å². The number of hydrogen-bond acceptors (Lipinski definition) is 4. The molecule has 0 aliphatic carbocycles. The first kappa shape index (κ1) is 13.6. The van der Waals surface area contributed by atoms with Crippen LogP contribution in [-0.4, -0.2) is 20.2 Å². The number of hydrogen-bond donors (Lipinski definition) is 0. The minimum absolute atomic E-state index is 0.264. The number of rotatable bonds is 4. The van der Waals surface area contributed by atoms with E-state index in [0.29, 0.717) is 5.82 Å². The van der Waals surface area contributed by atoms with Crippen LogP contribution in [0.15, 0.2) is 54.6 Å². The molecule has 1 unspecified atom stereocenters. The minimum atomic E-state index is -0.264. The Morgan fingerprint density at radius 3 is 2.33 bits per heavy atom. The smallest absolute Gasteiger partial charge is 0.174 e. The summed E-state index contributed by atoms with van der Waals surface area (Å²) in [5.41, 5.74) is 0.836. The van der Waals surface area contributed by atoms with Crippen molar-refractivity contribution in [3.63, 3.8) is 0 Å². The average Bonchev–Trinajstić information content (AvgIpc) is 2.99. The van der Waals surface area contributed by atoms with Crippen LogP contribution in [0.2, 0.25) is 0 Å². The Kier molecular flexibility index (Phi) is 3.83. The van der Waals surface area contributed by atoms with Gasteiger partial charge in [0.2, 0.25) is 0 Å². The van der Waals surface area contributed by atoms with Crippen molar-refractivity contribution in [2.45, 2.75) is 12.3 Å². The summed E-state index contributed by atoms with van der Waals surface area (Å²) < 4.78 is 7.36. The lowest BCUT2D eigenvalue weighted by atomic mass is 10.3. The maximum atomic E-state index is 6.05. The molecule has 0 fully saturated rings. The van der Waals surface area contributed by atoms with E-state index < -0.39 is 0 Å². The van der Waals surface area contributed by atoms with E-state index in [1.54, 1.807) is 4.68 Å². The minimum Gasteiger partial charge on any atom is -0.457 e. The number of nitrogens with zero attached hydrogens (tertiary/aromatic N) is 4. The molecular formula is C15H13ClN4O. The van der Waals surface area contributed by atoms with Gasteiger partial charge >= 0.3 is 0 Å². The molecule has 106 valence electrons. The second-order valence-corrected chi connectivity index (χ2v) is 5.13. The zero-order valence-corrected chi connectivity index (χ0v) is 12.1. The Morgan fingerprint density at radius 2 is 1.67 bits per heavy atom. The van der Waals surface area contributed by atoms with Gasteiger partial charge in [0.25, 0.3) is 0 Å². The van der Waals surface area contributed by atoms with Crippen molar-refractivity contribution in [1.82, 2.24) is 20.2 Å². The van der Waals surface area contributed by atoms with Gasteiger partial charge in [-0.2, -0.15) is 4.68 Å². The molecule has 1 aromatic heterocycles. The molecule has 2 aromatic carbocycles. The van der Waals surface area contributed by atoms with Crippen LogP contribution in [0.3, 0.4) is 0 Å². The van der Waals surface area contributed by atoms with Gasteiger partial charge in [0.05, 0.1) is 11.1 Å². The molecule has 3 aromatic rings. The lowest BCUT2D eigenvalue weighted by Crippen LogP contribution is -2.03. The fraction of sp³-hybridized carbons (Fsp3) is 0.133. The lowest BCUT2D eigenvalue weighted by Gasteiger charge is -2.08. The molecule has 21 heavy (non-hydrogen) atoms. The van der Waals surface area contributed by atoms with Crippen LogP contribution in [0.25, 0.3) is 5.69 Å². The number of aromatic nitrogens is 4. The molecule has 6 heteroatoms. The van der Waals surface area contributed by atoms with Crippen molar-refractivity contribution in [2.24, 2.45) is 0 Å². The van der Waals surface area contributed by atoms with Crippen LogP contribution < -0.4 is 4.74 Å². The van der Waals surface area contributed by atoms with Gasteiger partial charge in [-0.3, -0.25) is 0 Å². The molecule has 0 aliphatic rings. The fourth-order valence-electron chi connectivity index (χ4n) is 1.91. The predicted molar refractivity (Wildman–Crippen MR) is 79.9 cm³/mol. The highest BCUT2D eigenvalue weighted by Crippen LogP contribution is 2.24. The van der Waals surface area contributed by atoms with E-state index >= 15 is 0 Å². The monoisotopic (exact) mass is 300 g/mol. The van der Waals surface area contributed by atoms with Gasteiger partial charge in [-0.1, -0.05) is 18.2 Å². The van der Waals surface area contributed by atoms with Crippen LogP contribution in [0.4, 0.5) is 0 Å². The zero-order chi connectivity index (χ0) is 14.7. The first-order valence-corrected chi connectivity index (χ1v) is 6.93. The van der Waals surface area contributed by atoms with Crippen LogP contribution >= 0.6 is 11.6 Å². The summed E-state index contributed by atoms with van der Waals surface area (Å²) in [4.78, 5) is 0. The molecule has 0 spiro atoms. The van der Waals surface area contributed by atoms with Gasteiger partial charge in [-0.15, -0.1) is 16.7 Å². The fourth-order valence-corrected chi connectivity index (χ4v) is 2.04. The molecule has 0 aliphatic heterocycles. The third-order valence-corrected chi connectivity index (χ3v) is 3.10. The number of ether oxygens (including phenoxy) is 1. The third kappa shape index (κ3) is 3.03. The highest BCUT2D eigenvalue weighted by Gasteiger charge is 2.13. The summed E-state index contributed by atoms with van der Waals surface area (Å²) in [6.45, 7) is 1.83. The summed E-state index contributed by atoms with van der Waals surface area (Å²) in [6.07, 6.45) is 0. The lowest BCUT2D eigenvalue weighted by molar-refractivity contribution is 0.482. The third-order valence-electron chi connectivity index (χ3n) is 2.91. The maximum absolute atomic E-state index is 6.05. The number of tetrazole rings is 1. The second-order valence-electron chi connectivity index (χ2n) is 4.47. The van der Waals surface area contributed by atoms with Crippen molar-refractivity contribution in [1.29, 1.82) is 0 Å². The van der Waals surface area contributed by atoms with Crippen molar-refractivity contribution in [3.05, 3.63) is 60.4 Å². The molecule has 3 rings (SSSR count). The predicted octanol–water partition coefficient (Wildman–Crippen LogP) is 3.75. The summed E-state index contributed by atoms with van der Waals surface area (Å²) in [7, 11) is 0. The van der Waals surface area contributed by atoms with E-state index in [2.05, 4.69) is 15.5 Å². The first-order valence-electron chi connectivity index (χ1n) is 6.50. The molecule has 0 radical (unpaired) electrons. The summed E-state index contributed by atoms with van der Waals surface area (Å²) >= 11 is 6.05. The molecule has 1 atom stereocenters. The Labute approximate surface area is 127 Å². The number of benzene rings is 2. The summed E-state index contributed by atoms with van der Waals surface area (Å²) in [5, 5.41) is 11.3.